The molecule has 1 heterocycles. The van der Waals surface area contributed by atoms with E-state index in [1.54, 1.807) is 0 Å². The lowest BCUT2D eigenvalue weighted by Crippen LogP contribution is -2.42. The van der Waals surface area contributed by atoms with Crippen LogP contribution < -0.4 is 5.73 Å². The van der Waals surface area contributed by atoms with Crippen molar-refractivity contribution >= 4 is 37.6 Å². The van der Waals surface area contributed by atoms with Gasteiger partial charge in [0.25, 0.3) is 0 Å². The maximum Gasteiger partial charge on any atom is 0.245 e. The van der Waals surface area contributed by atoms with Gasteiger partial charge in [-0.1, -0.05) is 11.6 Å². The number of piperidine rings is 1. The lowest BCUT2D eigenvalue weighted by Gasteiger charge is -2.33. The molecule has 0 amide bonds. The molecule has 1 fully saturated rings. The Morgan fingerprint density at radius 1 is 1.43 bits per heavy atom. The molecule has 0 radical (unpaired) electrons. The van der Waals surface area contributed by atoms with Crippen molar-refractivity contribution in [1.82, 2.24) is 4.31 Å². The summed E-state index contributed by atoms with van der Waals surface area (Å²) in [5.74, 6) is -0.259. The standard InChI is InChI=1S/C13H17BrClFN2O2S/c1-8(17)9-2-4-18(5-3-9)21(19,20)13-11(14)6-10(16)7-12(13)15/h6-9H,2-5,17H2,1H3. The Kier molecular flexibility index (Phi) is 5.31. The van der Waals surface area contributed by atoms with Crippen LogP contribution in [0.25, 0.3) is 0 Å². The van der Waals surface area contributed by atoms with E-state index in [4.69, 9.17) is 17.3 Å². The first-order chi connectivity index (χ1) is 9.73. The van der Waals surface area contributed by atoms with E-state index < -0.39 is 15.8 Å². The van der Waals surface area contributed by atoms with Gasteiger partial charge >= 0.3 is 0 Å². The van der Waals surface area contributed by atoms with Crippen molar-refractivity contribution in [3.63, 3.8) is 0 Å². The minimum Gasteiger partial charge on any atom is -0.328 e. The van der Waals surface area contributed by atoms with Gasteiger partial charge in [0.15, 0.2) is 0 Å². The molecule has 21 heavy (non-hydrogen) atoms. The van der Waals surface area contributed by atoms with Crippen molar-refractivity contribution in [2.45, 2.75) is 30.7 Å². The summed E-state index contributed by atoms with van der Waals surface area (Å²) >= 11 is 9.01. The van der Waals surface area contributed by atoms with Gasteiger partial charge in [0.1, 0.15) is 10.7 Å². The summed E-state index contributed by atoms with van der Waals surface area (Å²) in [6.07, 6.45) is 1.43. The van der Waals surface area contributed by atoms with Crippen LogP contribution in [0, 0.1) is 11.7 Å². The summed E-state index contributed by atoms with van der Waals surface area (Å²) in [5, 5.41) is -0.115. The van der Waals surface area contributed by atoms with Crippen molar-refractivity contribution in [2.75, 3.05) is 13.1 Å². The van der Waals surface area contributed by atoms with Gasteiger partial charge in [0.2, 0.25) is 10.0 Å². The van der Waals surface area contributed by atoms with E-state index in [9.17, 15) is 12.8 Å². The molecule has 118 valence electrons. The van der Waals surface area contributed by atoms with E-state index in [0.29, 0.717) is 31.8 Å². The summed E-state index contributed by atoms with van der Waals surface area (Å²) < 4.78 is 40.1. The fourth-order valence-electron chi connectivity index (χ4n) is 2.55. The Hall–Kier alpha value is -0.210. The summed E-state index contributed by atoms with van der Waals surface area (Å²) in [7, 11) is -3.74. The number of benzene rings is 1. The molecule has 0 bridgehead atoms. The summed E-state index contributed by atoms with van der Waals surface area (Å²) in [6, 6.07) is 2.16. The summed E-state index contributed by atoms with van der Waals surface area (Å²) in [6.45, 7) is 2.73. The molecule has 1 unspecified atom stereocenters. The zero-order valence-corrected chi connectivity index (χ0v) is 14.7. The topological polar surface area (TPSA) is 63.4 Å². The molecule has 2 rings (SSSR count). The number of nitrogens with zero attached hydrogens (tertiary/aromatic N) is 1. The lowest BCUT2D eigenvalue weighted by atomic mass is 9.92. The molecule has 0 spiro atoms. The third-order valence-electron chi connectivity index (χ3n) is 3.80. The number of hydrogen-bond donors (Lipinski definition) is 1. The molecule has 8 heteroatoms. The SMILES string of the molecule is CC(N)C1CCN(S(=O)(=O)c2c(Cl)cc(F)cc2Br)CC1. The summed E-state index contributed by atoms with van der Waals surface area (Å²) in [5.41, 5.74) is 5.86. The maximum atomic E-state index is 13.2. The highest BCUT2D eigenvalue weighted by Gasteiger charge is 2.33. The molecular formula is C13H17BrClFN2O2S. The maximum absolute atomic E-state index is 13.2. The molecule has 1 saturated heterocycles. The van der Waals surface area contributed by atoms with E-state index in [0.717, 1.165) is 12.1 Å². The molecule has 4 nitrogen and oxygen atoms in total. The van der Waals surface area contributed by atoms with Crippen LogP contribution in [-0.2, 0) is 10.0 Å². The Balaban J connectivity index is 2.28. The highest BCUT2D eigenvalue weighted by molar-refractivity contribution is 9.10. The Labute approximate surface area is 137 Å². The van der Waals surface area contributed by atoms with Crippen LogP contribution in [0.3, 0.4) is 0 Å². The zero-order valence-electron chi connectivity index (χ0n) is 11.5. The molecule has 1 aromatic carbocycles. The van der Waals surface area contributed by atoms with E-state index >= 15 is 0 Å². The Morgan fingerprint density at radius 2 is 2.00 bits per heavy atom. The van der Waals surface area contributed by atoms with Crippen LogP contribution in [0.1, 0.15) is 19.8 Å². The molecule has 0 saturated carbocycles. The average molecular weight is 400 g/mol. The molecule has 1 aliphatic heterocycles. The van der Waals surface area contributed by atoms with E-state index in [-0.39, 0.29) is 20.4 Å². The van der Waals surface area contributed by atoms with Crippen molar-refractivity contribution < 1.29 is 12.8 Å². The Bertz CT molecular complexity index is 608. The number of hydrogen-bond acceptors (Lipinski definition) is 3. The first kappa shape index (κ1) is 17.1. The highest BCUT2D eigenvalue weighted by Crippen LogP contribution is 2.34. The Morgan fingerprint density at radius 3 is 2.48 bits per heavy atom. The number of sulfonamides is 1. The van der Waals surface area contributed by atoms with Gasteiger partial charge in [0, 0.05) is 23.6 Å². The van der Waals surface area contributed by atoms with Crippen LogP contribution in [0.5, 0.6) is 0 Å². The predicted molar refractivity (Wildman–Crippen MR) is 84.2 cm³/mol. The second kappa shape index (κ2) is 6.50. The quantitative estimate of drug-likeness (QED) is 0.850. The monoisotopic (exact) mass is 398 g/mol. The van der Waals surface area contributed by atoms with E-state index in [1.807, 2.05) is 6.92 Å². The first-order valence-electron chi connectivity index (χ1n) is 6.63. The average Bonchev–Trinajstić information content (AvgIpc) is 2.37. The number of halogens is 3. The lowest BCUT2D eigenvalue weighted by molar-refractivity contribution is 0.250. The number of rotatable bonds is 3. The van der Waals surface area contributed by atoms with Gasteiger partial charge in [-0.25, -0.2) is 12.8 Å². The minimum absolute atomic E-state index is 0.0519. The molecule has 0 aromatic heterocycles. The van der Waals surface area contributed by atoms with E-state index in [2.05, 4.69) is 15.9 Å². The summed E-state index contributed by atoms with van der Waals surface area (Å²) in [4.78, 5) is -0.0789. The highest BCUT2D eigenvalue weighted by atomic mass is 79.9. The van der Waals surface area contributed by atoms with Crippen LogP contribution >= 0.6 is 27.5 Å². The molecule has 0 aliphatic carbocycles. The third kappa shape index (κ3) is 3.59. The molecule has 1 aliphatic rings. The molecule has 2 N–H and O–H groups in total. The fraction of sp³-hybridized carbons (Fsp3) is 0.538. The first-order valence-corrected chi connectivity index (χ1v) is 9.25. The normalized spacial score (nSPS) is 19.7. The van der Waals surface area contributed by atoms with Crippen LogP contribution in [0.4, 0.5) is 4.39 Å². The van der Waals surface area contributed by atoms with Gasteiger partial charge in [-0.05, 0) is 53.7 Å². The van der Waals surface area contributed by atoms with Gasteiger partial charge in [-0.2, -0.15) is 4.31 Å². The molecule has 1 aromatic rings. The van der Waals surface area contributed by atoms with Crippen molar-refractivity contribution in [2.24, 2.45) is 11.7 Å². The largest absolute Gasteiger partial charge is 0.328 e. The van der Waals surface area contributed by atoms with Gasteiger partial charge in [-0.3, -0.25) is 0 Å². The fourth-order valence-corrected chi connectivity index (χ4v) is 5.77. The molecule has 1 atom stereocenters. The van der Waals surface area contributed by atoms with Crippen molar-refractivity contribution in [3.8, 4) is 0 Å². The molecular weight excluding hydrogens is 383 g/mol. The van der Waals surface area contributed by atoms with Gasteiger partial charge in [0.05, 0.1) is 5.02 Å². The third-order valence-corrected chi connectivity index (χ3v) is 7.10. The van der Waals surface area contributed by atoms with Crippen molar-refractivity contribution in [1.29, 1.82) is 0 Å². The van der Waals surface area contributed by atoms with Crippen molar-refractivity contribution in [3.05, 3.63) is 27.4 Å². The smallest absolute Gasteiger partial charge is 0.245 e. The van der Waals surface area contributed by atoms with Crippen LogP contribution in [0.2, 0.25) is 5.02 Å². The number of nitrogens with two attached hydrogens (primary N) is 1. The van der Waals surface area contributed by atoms with Crippen LogP contribution in [-0.4, -0.2) is 31.9 Å². The predicted octanol–water partition coefficient (Wildman–Crippen LogP) is 2.99. The van der Waals surface area contributed by atoms with Gasteiger partial charge in [-0.15, -0.1) is 0 Å². The van der Waals surface area contributed by atoms with E-state index in [1.165, 1.54) is 4.31 Å². The van der Waals surface area contributed by atoms with Crippen LogP contribution in [0.15, 0.2) is 21.5 Å². The van der Waals surface area contributed by atoms with Gasteiger partial charge < -0.3 is 5.73 Å². The minimum atomic E-state index is -3.74. The zero-order chi connectivity index (χ0) is 15.8. The second-order valence-corrected chi connectivity index (χ2v) is 8.44. The second-order valence-electron chi connectivity index (χ2n) is 5.30.